The van der Waals surface area contributed by atoms with Crippen molar-refractivity contribution in [3.05, 3.63) is 29.8 Å². The van der Waals surface area contributed by atoms with Crippen molar-refractivity contribution in [2.24, 2.45) is 0 Å². The van der Waals surface area contributed by atoms with Crippen LogP contribution in [0.5, 0.6) is 0 Å². The van der Waals surface area contributed by atoms with Gasteiger partial charge in [-0.05, 0) is 31.4 Å². The largest absolute Gasteiger partial charge is 0.343 e. The van der Waals surface area contributed by atoms with Crippen molar-refractivity contribution in [3.8, 4) is 6.07 Å². The molecule has 110 valence electrons. The van der Waals surface area contributed by atoms with Gasteiger partial charge in [-0.1, -0.05) is 12.1 Å². The summed E-state index contributed by atoms with van der Waals surface area (Å²) in [6, 6.07) is 8.97. The van der Waals surface area contributed by atoms with E-state index in [0.29, 0.717) is 37.1 Å². The van der Waals surface area contributed by atoms with Gasteiger partial charge in [-0.15, -0.1) is 0 Å². The average Bonchev–Trinajstić information content (AvgIpc) is 2.50. The summed E-state index contributed by atoms with van der Waals surface area (Å²) in [6.45, 7) is 1.43. The SMILES string of the molecule is N#Cc1ccccc1NC(=O)CCCN1CCCCC1=O. The maximum absolute atomic E-state index is 11.9. The van der Waals surface area contributed by atoms with Gasteiger partial charge in [0.1, 0.15) is 6.07 Å². The molecule has 0 saturated carbocycles. The molecule has 1 N–H and O–H groups in total. The number of hydrogen-bond acceptors (Lipinski definition) is 3. The smallest absolute Gasteiger partial charge is 0.224 e. The average molecular weight is 285 g/mol. The third-order valence-electron chi connectivity index (χ3n) is 3.57. The minimum absolute atomic E-state index is 0.123. The number of piperidine rings is 1. The Morgan fingerprint density at radius 1 is 1.33 bits per heavy atom. The van der Waals surface area contributed by atoms with Crippen molar-refractivity contribution in [3.63, 3.8) is 0 Å². The van der Waals surface area contributed by atoms with E-state index < -0.39 is 0 Å². The standard InChI is InChI=1S/C16H19N3O2/c17-12-13-6-1-2-7-14(13)18-15(20)8-5-11-19-10-4-3-9-16(19)21/h1-2,6-7H,3-5,8-11H2,(H,18,20). The molecule has 0 unspecified atom stereocenters. The van der Waals surface area contributed by atoms with Gasteiger partial charge in [0.2, 0.25) is 11.8 Å². The summed E-state index contributed by atoms with van der Waals surface area (Å²) in [5.41, 5.74) is 0.996. The number of hydrogen-bond donors (Lipinski definition) is 1. The number of carbonyl (C=O) groups is 2. The minimum Gasteiger partial charge on any atom is -0.343 e. The van der Waals surface area contributed by atoms with Crippen LogP contribution in [0, 0.1) is 11.3 Å². The van der Waals surface area contributed by atoms with Crippen LogP contribution in [0.4, 0.5) is 5.69 Å². The molecule has 0 aliphatic carbocycles. The first-order valence-corrected chi connectivity index (χ1v) is 7.27. The van der Waals surface area contributed by atoms with Gasteiger partial charge >= 0.3 is 0 Å². The van der Waals surface area contributed by atoms with E-state index in [-0.39, 0.29) is 11.8 Å². The predicted octanol–water partition coefficient (Wildman–Crippen LogP) is 2.29. The molecule has 0 atom stereocenters. The van der Waals surface area contributed by atoms with Crippen LogP contribution >= 0.6 is 0 Å². The number of nitrogens with zero attached hydrogens (tertiary/aromatic N) is 2. The molecule has 21 heavy (non-hydrogen) atoms. The van der Waals surface area contributed by atoms with Gasteiger partial charge in [-0.3, -0.25) is 9.59 Å². The van der Waals surface area contributed by atoms with Crippen molar-refractivity contribution in [2.75, 3.05) is 18.4 Å². The molecule has 1 saturated heterocycles. The van der Waals surface area contributed by atoms with Gasteiger partial charge in [-0.25, -0.2) is 0 Å². The monoisotopic (exact) mass is 285 g/mol. The van der Waals surface area contributed by atoms with Gasteiger partial charge in [0.05, 0.1) is 11.3 Å². The summed E-state index contributed by atoms with van der Waals surface area (Å²) in [4.78, 5) is 25.3. The van der Waals surface area contributed by atoms with Crippen LogP contribution in [0.3, 0.4) is 0 Å². The van der Waals surface area contributed by atoms with Crippen LogP contribution < -0.4 is 5.32 Å². The third kappa shape index (κ3) is 4.32. The van der Waals surface area contributed by atoms with Gasteiger partial charge in [0.15, 0.2) is 0 Å². The fourth-order valence-electron chi connectivity index (χ4n) is 2.43. The highest BCUT2D eigenvalue weighted by atomic mass is 16.2. The first-order chi connectivity index (χ1) is 10.2. The Morgan fingerprint density at radius 3 is 2.90 bits per heavy atom. The maximum Gasteiger partial charge on any atom is 0.224 e. The number of nitrogens with one attached hydrogen (secondary N) is 1. The molecule has 0 spiro atoms. The summed E-state index contributed by atoms with van der Waals surface area (Å²) >= 11 is 0. The number of benzene rings is 1. The van der Waals surface area contributed by atoms with E-state index >= 15 is 0 Å². The Balaban J connectivity index is 1.77. The van der Waals surface area contributed by atoms with E-state index in [1.807, 2.05) is 11.0 Å². The van der Waals surface area contributed by atoms with Gasteiger partial charge in [0, 0.05) is 25.9 Å². The molecule has 1 aliphatic rings. The van der Waals surface area contributed by atoms with Crippen LogP contribution in [0.15, 0.2) is 24.3 Å². The lowest BCUT2D eigenvalue weighted by Crippen LogP contribution is -2.36. The lowest BCUT2D eigenvalue weighted by atomic mass is 10.1. The number of anilines is 1. The van der Waals surface area contributed by atoms with E-state index in [4.69, 9.17) is 5.26 Å². The second kappa shape index (κ2) is 7.44. The number of rotatable bonds is 5. The molecule has 1 fully saturated rings. The number of nitriles is 1. The van der Waals surface area contributed by atoms with Crippen LogP contribution in [-0.2, 0) is 9.59 Å². The van der Waals surface area contributed by atoms with Crippen molar-refractivity contribution in [1.82, 2.24) is 4.90 Å². The van der Waals surface area contributed by atoms with E-state index in [1.54, 1.807) is 24.3 Å². The second-order valence-corrected chi connectivity index (χ2v) is 5.15. The van der Waals surface area contributed by atoms with Gasteiger partial charge in [-0.2, -0.15) is 5.26 Å². The Bertz CT molecular complexity index is 563. The lowest BCUT2D eigenvalue weighted by molar-refractivity contribution is -0.133. The molecule has 0 aromatic heterocycles. The van der Waals surface area contributed by atoms with Gasteiger partial charge in [0.25, 0.3) is 0 Å². The van der Waals surface area contributed by atoms with Crippen molar-refractivity contribution >= 4 is 17.5 Å². The Hall–Kier alpha value is -2.35. The topological polar surface area (TPSA) is 73.2 Å². The van der Waals surface area contributed by atoms with E-state index in [0.717, 1.165) is 19.4 Å². The molecule has 1 heterocycles. The summed E-state index contributed by atoms with van der Waals surface area (Å²) in [6.07, 6.45) is 3.64. The molecule has 5 heteroatoms. The molecule has 0 bridgehead atoms. The van der Waals surface area contributed by atoms with Crippen molar-refractivity contribution in [1.29, 1.82) is 5.26 Å². The summed E-state index contributed by atoms with van der Waals surface area (Å²) < 4.78 is 0. The number of carbonyl (C=O) groups excluding carboxylic acids is 2. The van der Waals surface area contributed by atoms with Crippen LogP contribution in [0.1, 0.15) is 37.7 Å². The first kappa shape index (κ1) is 15.0. The Labute approximate surface area is 124 Å². The molecule has 1 aliphatic heterocycles. The zero-order valence-corrected chi connectivity index (χ0v) is 12.0. The van der Waals surface area contributed by atoms with Gasteiger partial charge < -0.3 is 10.2 Å². The highest BCUT2D eigenvalue weighted by Crippen LogP contribution is 2.15. The molecule has 1 aromatic carbocycles. The highest BCUT2D eigenvalue weighted by Gasteiger charge is 2.17. The molecule has 1 aromatic rings. The predicted molar refractivity (Wildman–Crippen MR) is 79.5 cm³/mol. The lowest BCUT2D eigenvalue weighted by Gasteiger charge is -2.26. The zero-order chi connectivity index (χ0) is 15.1. The number of amides is 2. The van der Waals surface area contributed by atoms with Crippen molar-refractivity contribution < 1.29 is 9.59 Å². The molecule has 2 rings (SSSR count). The Morgan fingerprint density at radius 2 is 2.14 bits per heavy atom. The second-order valence-electron chi connectivity index (χ2n) is 5.15. The molecule has 0 radical (unpaired) electrons. The van der Waals surface area contributed by atoms with Crippen LogP contribution in [-0.4, -0.2) is 29.8 Å². The summed E-state index contributed by atoms with van der Waals surface area (Å²) in [5, 5.41) is 11.7. The Kier molecular flexibility index (Phi) is 5.33. The summed E-state index contributed by atoms with van der Waals surface area (Å²) in [5.74, 6) is 0.0682. The van der Waals surface area contributed by atoms with E-state index in [2.05, 4.69) is 5.32 Å². The van der Waals surface area contributed by atoms with Crippen molar-refractivity contribution in [2.45, 2.75) is 32.1 Å². The summed E-state index contributed by atoms with van der Waals surface area (Å²) in [7, 11) is 0. The third-order valence-corrected chi connectivity index (χ3v) is 3.57. The van der Waals surface area contributed by atoms with E-state index in [9.17, 15) is 9.59 Å². The zero-order valence-electron chi connectivity index (χ0n) is 12.0. The maximum atomic E-state index is 11.9. The normalized spacial score (nSPS) is 14.6. The quantitative estimate of drug-likeness (QED) is 0.902. The molecule has 2 amide bonds. The first-order valence-electron chi connectivity index (χ1n) is 7.27. The molecule has 5 nitrogen and oxygen atoms in total. The molecular weight excluding hydrogens is 266 g/mol. The minimum atomic E-state index is -0.123. The fourth-order valence-corrected chi connectivity index (χ4v) is 2.43. The molecular formula is C16H19N3O2. The fraction of sp³-hybridized carbons (Fsp3) is 0.438. The number of para-hydroxylation sites is 1. The van der Waals surface area contributed by atoms with Crippen LogP contribution in [0.25, 0.3) is 0 Å². The number of likely N-dealkylation sites (tertiary alicyclic amines) is 1. The van der Waals surface area contributed by atoms with Crippen LogP contribution in [0.2, 0.25) is 0 Å². The van der Waals surface area contributed by atoms with E-state index in [1.165, 1.54) is 0 Å². The highest BCUT2D eigenvalue weighted by molar-refractivity contribution is 5.92.